The van der Waals surface area contributed by atoms with Crippen molar-refractivity contribution in [1.82, 2.24) is 10.2 Å². The Morgan fingerprint density at radius 2 is 1.75 bits per heavy atom. The van der Waals surface area contributed by atoms with Gasteiger partial charge >= 0.3 is 0 Å². The number of hydrogen-bond acceptors (Lipinski definition) is 2. The lowest BCUT2D eigenvalue weighted by Crippen LogP contribution is -2.59. The minimum Gasteiger partial charge on any atom is -0.312 e. The largest absolute Gasteiger partial charge is 0.312 e. The molecule has 2 heteroatoms. The fraction of sp³-hybridized carbons (Fsp3) is 1.00. The Morgan fingerprint density at radius 1 is 1.10 bits per heavy atom. The van der Waals surface area contributed by atoms with E-state index in [1.165, 1.54) is 77.2 Å². The summed E-state index contributed by atoms with van der Waals surface area (Å²) in [5, 5.41) is 3.93. The smallest absolute Gasteiger partial charge is 0.0356 e. The lowest BCUT2D eigenvalue weighted by atomic mass is 9.79. The van der Waals surface area contributed by atoms with Crippen LogP contribution < -0.4 is 5.32 Å². The van der Waals surface area contributed by atoms with Gasteiger partial charge in [-0.2, -0.15) is 0 Å². The first kappa shape index (κ1) is 16.3. The van der Waals surface area contributed by atoms with Gasteiger partial charge in [-0.15, -0.1) is 0 Å². The van der Waals surface area contributed by atoms with Crippen LogP contribution in [0.1, 0.15) is 77.6 Å². The highest BCUT2D eigenvalue weighted by molar-refractivity contribution is 5.00. The van der Waals surface area contributed by atoms with Gasteiger partial charge in [-0.05, 0) is 58.7 Å². The van der Waals surface area contributed by atoms with Gasteiger partial charge < -0.3 is 10.2 Å². The van der Waals surface area contributed by atoms with Crippen molar-refractivity contribution >= 4 is 0 Å². The lowest BCUT2D eigenvalue weighted by molar-refractivity contribution is 0.0746. The molecule has 2 rings (SSSR count). The molecule has 2 aliphatic rings. The molecule has 0 spiro atoms. The molecule has 0 aromatic heterocycles. The molecule has 2 nitrogen and oxygen atoms in total. The molecular weight excluding hydrogens is 244 g/mol. The monoisotopic (exact) mass is 280 g/mol. The molecule has 2 saturated carbocycles. The molecule has 20 heavy (non-hydrogen) atoms. The van der Waals surface area contributed by atoms with Crippen molar-refractivity contribution in [2.75, 3.05) is 20.6 Å². The molecule has 0 bridgehead atoms. The molecular formula is C18H36N2. The fourth-order valence-electron chi connectivity index (χ4n) is 4.14. The van der Waals surface area contributed by atoms with Gasteiger partial charge in [0.25, 0.3) is 0 Å². The molecule has 1 atom stereocenters. The summed E-state index contributed by atoms with van der Waals surface area (Å²) in [5.74, 6) is 1.06. The van der Waals surface area contributed by atoms with Crippen LogP contribution in [0.3, 0.4) is 0 Å². The quantitative estimate of drug-likeness (QED) is 0.670. The maximum absolute atomic E-state index is 3.93. The molecule has 0 amide bonds. The van der Waals surface area contributed by atoms with Crippen molar-refractivity contribution in [3.63, 3.8) is 0 Å². The minimum absolute atomic E-state index is 0.417. The second-order valence-electron chi connectivity index (χ2n) is 7.44. The zero-order valence-electron chi connectivity index (χ0n) is 14.1. The van der Waals surface area contributed by atoms with E-state index < -0.39 is 0 Å². The van der Waals surface area contributed by atoms with E-state index in [0.29, 0.717) is 11.6 Å². The van der Waals surface area contributed by atoms with Gasteiger partial charge in [0.1, 0.15) is 0 Å². The summed E-state index contributed by atoms with van der Waals surface area (Å²) in [6.45, 7) is 3.48. The van der Waals surface area contributed by atoms with Gasteiger partial charge in [0.15, 0.2) is 0 Å². The minimum atomic E-state index is 0.417. The predicted molar refractivity (Wildman–Crippen MR) is 88.2 cm³/mol. The van der Waals surface area contributed by atoms with E-state index in [0.717, 1.165) is 5.92 Å². The van der Waals surface area contributed by atoms with Crippen LogP contribution in [0.25, 0.3) is 0 Å². The van der Waals surface area contributed by atoms with Gasteiger partial charge in [0, 0.05) is 11.6 Å². The van der Waals surface area contributed by atoms with E-state index in [4.69, 9.17) is 0 Å². The predicted octanol–water partition coefficient (Wildman–Crippen LogP) is 4.20. The number of nitrogens with zero attached hydrogens (tertiary/aromatic N) is 1. The maximum atomic E-state index is 3.93. The molecule has 0 aromatic rings. The summed E-state index contributed by atoms with van der Waals surface area (Å²) in [5.41, 5.74) is 0.417. The third kappa shape index (κ3) is 4.21. The average molecular weight is 280 g/mol. The second kappa shape index (κ2) is 7.79. The van der Waals surface area contributed by atoms with E-state index in [9.17, 15) is 0 Å². The Hall–Kier alpha value is -0.0800. The first-order valence-corrected chi connectivity index (χ1v) is 9.10. The summed E-state index contributed by atoms with van der Waals surface area (Å²) in [6.07, 6.45) is 15.6. The highest BCUT2D eigenvalue weighted by Gasteiger charge is 2.40. The maximum Gasteiger partial charge on any atom is 0.0356 e. The summed E-state index contributed by atoms with van der Waals surface area (Å²) >= 11 is 0. The van der Waals surface area contributed by atoms with E-state index in [-0.39, 0.29) is 0 Å². The SMILES string of the molecule is CCCNC(CCC1CC1)C1(N(C)C)CCCCCC1. The van der Waals surface area contributed by atoms with Gasteiger partial charge in [-0.1, -0.05) is 45.4 Å². The third-order valence-electron chi connectivity index (χ3n) is 5.71. The molecule has 1 unspecified atom stereocenters. The van der Waals surface area contributed by atoms with E-state index in [1.807, 2.05) is 0 Å². The van der Waals surface area contributed by atoms with Crippen LogP contribution in [-0.2, 0) is 0 Å². The molecule has 2 fully saturated rings. The number of nitrogens with one attached hydrogen (secondary N) is 1. The van der Waals surface area contributed by atoms with Crippen molar-refractivity contribution in [2.24, 2.45) is 5.92 Å². The topological polar surface area (TPSA) is 15.3 Å². The molecule has 118 valence electrons. The summed E-state index contributed by atoms with van der Waals surface area (Å²) in [6, 6.07) is 0.705. The van der Waals surface area contributed by atoms with Crippen molar-refractivity contribution in [1.29, 1.82) is 0 Å². The average Bonchev–Trinajstić information content (AvgIpc) is 3.25. The molecule has 1 N–H and O–H groups in total. The summed E-state index contributed by atoms with van der Waals surface area (Å²) in [4.78, 5) is 2.57. The lowest BCUT2D eigenvalue weighted by Gasteiger charge is -2.46. The van der Waals surface area contributed by atoms with Crippen molar-refractivity contribution in [2.45, 2.75) is 89.1 Å². The van der Waals surface area contributed by atoms with Crippen LogP contribution in [0.15, 0.2) is 0 Å². The molecule has 2 aliphatic carbocycles. The van der Waals surface area contributed by atoms with Gasteiger partial charge in [-0.3, -0.25) is 0 Å². The Labute approximate surface area is 126 Å². The fourth-order valence-corrected chi connectivity index (χ4v) is 4.14. The van der Waals surface area contributed by atoms with Crippen LogP contribution in [-0.4, -0.2) is 37.1 Å². The molecule has 0 saturated heterocycles. The van der Waals surface area contributed by atoms with Crippen molar-refractivity contribution in [3.05, 3.63) is 0 Å². The highest BCUT2D eigenvalue weighted by atomic mass is 15.2. The Balaban J connectivity index is 2.05. The number of rotatable bonds is 8. The van der Waals surface area contributed by atoms with Gasteiger partial charge in [0.05, 0.1) is 0 Å². The second-order valence-corrected chi connectivity index (χ2v) is 7.44. The van der Waals surface area contributed by atoms with Crippen molar-refractivity contribution < 1.29 is 0 Å². The number of hydrogen-bond donors (Lipinski definition) is 1. The standard InChI is InChI=1S/C18H36N2/c1-4-15-19-17(12-11-16-9-10-16)18(20(2)3)13-7-5-6-8-14-18/h16-17,19H,4-15H2,1-3H3. The third-order valence-corrected chi connectivity index (χ3v) is 5.71. The van der Waals surface area contributed by atoms with E-state index >= 15 is 0 Å². The van der Waals surface area contributed by atoms with Crippen LogP contribution in [0, 0.1) is 5.92 Å². The highest BCUT2D eigenvalue weighted by Crippen LogP contribution is 2.39. The Kier molecular flexibility index (Phi) is 6.35. The number of likely N-dealkylation sites (N-methyl/N-ethyl adjacent to an activating group) is 1. The summed E-state index contributed by atoms with van der Waals surface area (Å²) in [7, 11) is 4.64. The zero-order chi connectivity index (χ0) is 14.4. The van der Waals surface area contributed by atoms with Crippen LogP contribution in [0.2, 0.25) is 0 Å². The Morgan fingerprint density at radius 3 is 2.25 bits per heavy atom. The van der Waals surface area contributed by atoms with E-state index in [1.54, 1.807) is 0 Å². The first-order valence-electron chi connectivity index (χ1n) is 9.10. The first-order chi connectivity index (χ1) is 9.69. The van der Waals surface area contributed by atoms with Crippen LogP contribution in [0.4, 0.5) is 0 Å². The normalized spacial score (nSPS) is 24.6. The van der Waals surface area contributed by atoms with Crippen molar-refractivity contribution in [3.8, 4) is 0 Å². The zero-order valence-corrected chi connectivity index (χ0v) is 14.1. The Bertz CT molecular complexity index is 263. The van der Waals surface area contributed by atoms with Gasteiger partial charge in [0.2, 0.25) is 0 Å². The van der Waals surface area contributed by atoms with Crippen LogP contribution in [0.5, 0.6) is 0 Å². The summed E-state index contributed by atoms with van der Waals surface area (Å²) < 4.78 is 0. The van der Waals surface area contributed by atoms with E-state index in [2.05, 4.69) is 31.2 Å². The molecule has 0 aromatic carbocycles. The molecule has 0 radical (unpaired) electrons. The van der Waals surface area contributed by atoms with Gasteiger partial charge in [-0.25, -0.2) is 0 Å². The molecule has 0 aliphatic heterocycles. The molecule has 0 heterocycles. The van der Waals surface area contributed by atoms with Crippen LogP contribution >= 0.6 is 0 Å².